The summed E-state index contributed by atoms with van der Waals surface area (Å²) in [7, 11) is 0. The second kappa shape index (κ2) is 6.67. The Bertz CT molecular complexity index is 863. The first-order valence-corrected chi connectivity index (χ1v) is 8.59. The van der Waals surface area contributed by atoms with Gasteiger partial charge in [-0.3, -0.25) is 0 Å². The Balaban J connectivity index is 2.02. The third-order valence-corrected chi connectivity index (χ3v) is 4.81. The van der Waals surface area contributed by atoms with Gasteiger partial charge >= 0.3 is 6.18 Å². The number of alkyl halides is 3. The van der Waals surface area contributed by atoms with E-state index in [1.54, 1.807) is 18.2 Å². The quantitative estimate of drug-likeness (QED) is 0.667. The predicted octanol–water partition coefficient (Wildman–Crippen LogP) is 5.72. The van der Waals surface area contributed by atoms with Gasteiger partial charge in [0.05, 0.1) is 5.71 Å². The van der Waals surface area contributed by atoms with Gasteiger partial charge in [-0.2, -0.15) is 13.2 Å². The molecule has 2 N–H and O–H groups in total. The molecule has 26 heavy (non-hydrogen) atoms. The first-order valence-electron chi connectivity index (χ1n) is 7.83. The molecule has 2 aromatic carbocycles. The van der Waals surface area contributed by atoms with Crippen molar-refractivity contribution in [2.24, 2.45) is 5.16 Å². The number of nitrogens with two attached hydrogens (primary N) is 1. The summed E-state index contributed by atoms with van der Waals surface area (Å²) in [4.78, 5) is 4.97. The Morgan fingerprint density at radius 1 is 1.15 bits per heavy atom. The van der Waals surface area contributed by atoms with Gasteiger partial charge < -0.3 is 10.6 Å². The second-order valence-corrected chi connectivity index (χ2v) is 6.93. The molecule has 1 aliphatic rings. The van der Waals surface area contributed by atoms with Gasteiger partial charge in [0.2, 0.25) is 0 Å². The van der Waals surface area contributed by atoms with E-state index >= 15 is 0 Å². The van der Waals surface area contributed by atoms with Crippen molar-refractivity contribution < 1.29 is 18.0 Å². The first-order chi connectivity index (χ1) is 12.2. The van der Waals surface area contributed by atoms with Crippen LogP contribution in [-0.4, -0.2) is 11.9 Å². The average Bonchev–Trinajstić information content (AvgIpc) is 3.00. The van der Waals surface area contributed by atoms with Crippen molar-refractivity contribution in [1.29, 1.82) is 0 Å². The summed E-state index contributed by atoms with van der Waals surface area (Å²) >= 11 is 11.8. The number of nitrogen functional groups attached to an aromatic ring is 1. The van der Waals surface area contributed by atoms with E-state index in [2.05, 4.69) is 5.16 Å². The predicted molar refractivity (Wildman–Crippen MR) is 96.7 cm³/mol. The van der Waals surface area contributed by atoms with Crippen LogP contribution in [0.25, 0.3) is 0 Å². The van der Waals surface area contributed by atoms with Gasteiger partial charge in [-0.1, -0.05) is 47.4 Å². The van der Waals surface area contributed by atoms with Crippen molar-refractivity contribution in [3.63, 3.8) is 0 Å². The minimum Gasteiger partial charge on any atom is -0.398 e. The van der Waals surface area contributed by atoms with E-state index in [9.17, 15) is 13.2 Å². The molecule has 0 radical (unpaired) electrons. The molecule has 138 valence electrons. The molecule has 1 unspecified atom stereocenters. The molecule has 2 aromatic rings. The number of hydrogen-bond acceptors (Lipinski definition) is 3. The fourth-order valence-corrected chi connectivity index (χ4v) is 3.47. The van der Waals surface area contributed by atoms with E-state index < -0.39 is 18.2 Å². The van der Waals surface area contributed by atoms with E-state index in [1.807, 2.05) is 6.92 Å². The summed E-state index contributed by atoms with van der Waals surface area (Å²) < 4.78 is 41.8. The zero-order valence-corrected chi connectivity index (χ0v) is 15.2. The van der Waals surface area contributed by atoms with Crippen molar-refractivity contribution in [1.82, 2.24) is 0 Å². The topological polar surface area (TPSA) is 47.6 Å². The molecule has 1 aliphatic heterocycles. The van der Waals surface area contributed by atoms with Gasteiger partial charge in [-0.25, -0.2) is 0 Å². The largest absolute Gasteiger partial charge is 0.435 e. The molecule has 1 heterocycles. The molecule has 0 aliphatic carbocycles. The van der Waals surface area contributed by atoms with Crippen LogP contribution in [0.4, 0.5) is 18.9 Å². The van der Waals surface area contributed by atoms with Crippen molar-refractivity contribution >= 4 is 34.6 Å². The highest BCUT2D eigenvalue weighted by atomic mass is 35.5. The number of rotatable bonds is 3. The van der Waals surface area contributed by atoms with E-state index in [1.165, 1.54) is 18.2 Å². The fourth-order valence-electron chi connectivity index (χ4n) is 2.94. The number of nitrogens with zero attached hydrogens (tertiary/aromatic N) is 1. The lowest BCUT2D eigenvalue weighted by molar-refractivity contribution is -0.275. The molecule has 0 amide bonds. The van der Waals surface area contributed by atoms with Crippen LogP contribution in [0.15, 0.2) is 41.6 Å². The van der Waals surface area contributed by atoms with Gasteiger partial charge in [0.25, 0.3) is 5.60 Å². The lowest BCUT2D eigenvalue weighted by Crippen LogP contribution is -2.42. The molecule has 0 saturated heterocycles. The zero-order valence-electron chi connectivity index (χ0n) is 13.7. The Labute approximate surface area is 158 Å². The summed E-state index contributed by atoms with van der Waals surface area (Å²) in [5.74, 6) is 0. The average molecular weight is 403 g/mol. The third-order valence-electron chi connectivity index (χ3n) is 4.37. The SMILES string of the molecule is CCc1ccc(C2=NOC(c3cc(Cl)cc(Cl)c3)(C(F)(F)F)C2)cc1N. The number of benzene rings is 2. The number of aryl methyl sites for hydroxylation is 1. The maximum Gasteiger partial charge on any atom is 0.435 e. The number of hydrogen-bond donors (Lipinski definition) is 1. The molecule has 8 heteroatoms. The third kappa shape index (κ3) is 3.23. The highest BCUT2D eigenvalue weighted by Gasteiger charge is 2.62. The molecule has 3 nitrogen and oxygen atoms in total. The van der Waals surface area contributed by atoms with Gasteiger partial charge in [-0.05, 0) is 36.2 Å². The molecular weight excluding hydrogens is 388 g/mol. The number of halogens is 5. The Kier molecular flexibility index (Phi) is 4.84. The Morgan fingerprint density at radius 3 is 2.35 bits per heavy atom. The van der Waals surface area contributed by atoms with Crippen LogP contribution in [0.3, 0.4) is 0 Å². The van der Waals surface area contributed by atoms with E-state index in [0.29, 0.717) is 11.3 Å². The lowest BCUT2D eigenvalue weighted by Gasteiger charge is -2.29. The summed E-state index contributed by atoms with van der Waals surface area (Å²) in [5.41, 5.74) is 5.17. The molecule has 0 spiro atoms. The van der Waals surface area contributed by atoms with Gasteiger partial charge in [-0.15, -0.1) is 0 Å². The van der Waals surface area contributed by atoms with Crippen molar-refractivity contribution in [2.75, 3.05) is 5.73 Å². The summed E-state index contributed by atoms with van der Waals surface area (Å²) in [6.07, 6.45) is -4.50. The van der Waals surface area contributed by atoms with Crippen LogP contribution in [-0.2, 0) is 16.9 Å². The van der Waals surface area contributed by atoms with E-state index in [-0.39, 0.29) is 21.3 Å². The molecule has 1 atom stereocenters. The van der Waals surface area contributed by atoms with E-state index in [0.717, 1.165) is 12.0 Å². The highest BCUT2D eigenvalue weighted by Crippen LogP contribution is 2.49. The van der Waals surface area contributed by atoms with Crippen molar-refractivity contribution in [3.8, 4) is 0 Å². The minimum atomic E-state index is -4.72. The normalized spacial score (nSPS) is 20.0. The van der Waals surface area contributed by atoms with Crippen LogP contribution >= 0.6 is 23.2 Å². The van der Waals surface area contributed by atoms with Crippen molar-refractivity contribution in [2.45, 2.75) is 31.5 Å². The minimum absolute atomic E-state index is 0.0877. The second-order valence-electron chi connectivity index (χ2n) is 6.06. The summed E-state index contributed by atoms with van der Waals surface area (Å²) in [5, 5.41) is 3.89. The Morgan fingerprint density at radius 2 is 1.81 bits per heavy atom. The molecule has 0 fully saturated rings. The smallest absolute Gasteiger partial charge is 0.398 e. The highest BCUT2D eigenvalue weighted by molar-refractivity contribution is 6.34. The summed E-state index contributed by atoms with van der Waals surface area (Å²) in [6.45, 7) is 1.94. The number of oxime groups is 1. The first kappa shape index (κ1) is 18.9. The molecule has 0 bridgehead atoms. The zero-order chi connectivity index (χ0) is 19.1. The fraction of sp³-hybridized carbons (Fsp3) is 0.278. The number of anilines is 1. The molecule has 3 rings (SSSR count). The Hall–Kier alpha value is -1.92. The monoisotopic (exact) mass is 402 g/mol. The van der Waals surface area contributed by atoms with Crippen LogP contribution in [0, 0.1) is 0 Å². The van der Waals surface area contributed by atoms with Gasteiger partial charge in [0, 0.05) is 33.3 Å². The molecule has 0 saturated carbocycles. The molecule has 0 aromatic heterocycles. The maximum absolute atomic E-state index is 13.9. The molecular formula is C18H15Cl2F3N2O. The maximum atomic E-state index is 13.9. The standard InChI is InChI=1S/C18H15Cl2F3N2O/c1-2-10-3-4-11(5-15(10)24)16-9-17(26-25-16,18(21,22)23)12-6-13(19)8-14(20)7-12/h3-8H,2,9,24H2,1H3. The van der Waals surface area contributed by atoms with Gasteiger partial charge in [0.1, 0.15) is 0 Å². The lowest BCUT2D eigenvalue weighted by atomic mass is 9.86. The summed E-state index contributed by atoms with van der Waals surface area (Å²) in [6, 6.07) is 8.81. The van der Waals surface area contributed by atoms with E-state index in [4.69, 9.17) is 33.8 Å². The van der Waals surface area contributed by atoms with Crippen LogP contribution in [0.2, 0.25) is 10.0 Å². The van der Waals surface area contributed by atoms with Crippen LogP contribution < -0.4 is 5.73 Å². The van der Waals surface area contributed by atoms with Crippen molar-refractivity contribution in [3.05, 3.63) is 63.1 Å². The van der Waals surface area contributed by atoms with Gasteiger partial charge in [0.15, 0.2) is 0 Å². The van der Waals surface area contributed by atoms with Crippen LogP contribution in [0.1, 0.15) is 30.0 Å². The van der Waals surface area contributed by atoms with Crippen LogP contribution in [0.5, 0.6) is 0 Å².